The van der Waals surface area contributed by atoms with Gasteiger partial charge in [0.2, 0.25) is 16.5 Å². The number of Topliss-reactive ketones (excluding diaryl/α,β-unsaturated/α-hetero) is 1. The second-order valence-electron chi connectivity index (χ2n) is 8.16. The highest BCUT2D eigenvalue weighted by Crippen LogP contribution is 2.37. The van der Waals surface area contributed by atoms with E-state index in [0.717, 1.165) is 16.5 Å². The van der Waals surface area contributed by atoms with Crippen LogP contribution in [0.2, 0.25) is 0 Å². The molecule has 186 valence electrons. The number of rotatable bonds is 9. The van der Waals surface area contributed by atoms with Gasteiger partial charge in [0.1, 0.15) is 29.4 Å². The highest BCUT2D eigenvalue weighted by Gasteiger charge is 2.17. The Labute approximate surface area is 214 Å². The second-order valence-corrected chi connectivity index (χ2v) is 9.08. The quantitative estimate of drug-likeness (QED) is 0.239. The van der Waals surface area contributed by atoms with Gasteiger partial charge in [-0.1, -0.05) is 29.4 Å². The standard InChI is InChI=1S/C26H20N4O6S/c1-32-17-10-22(34-14-16-5-3-4-15(8-16)9-20(31)21-6-7-27-36-21)18-12-24(35-23(18)11-17)19-13-30-25(28-19)37-26(29-30)33-2/h3-8,10-13H,9,14H2,1-2H3. The largest absolute Gasteiger partial charge is 0.496 e. The molecule has 0 spiro atoms. The molecule has 4 aromatic heterocycles. The number of ether oxygens (including phenoxy) is 3. The van der Waals surface area contributed by atoms with Gasteiger partial charge >= 0.3 is 0 Å². The maximum absolute atomic E-state index is 12.4. The molecule has 0 aliphatic carbocycles. The first-order valence-corrected chi connectivity index (χ1v) is 12.1. The molecule has 0 saturated heterocycles. The molecule has 0 saturated carbocycles. The molecule has 0 amide bonds. The van der Waals surface area contributed by atoms with Gasteiger partial charge in [0, 0.05) is 24.6 Å². The molecule has 10 nitrogen and oxygen atoms in total. The smallest absolute Gasteiger partial charge is 0.294 e. The molecule has 0 aliphatic rings. The lowest BCUT2D eigenvalue weighted by atomic mass is 10.1. The minimum absolute atomic E-state index is 0.135. The highest BCUT2D eigenvalue weighted by molar-refractivity contribution is 7.18. The van der Waals surface area contributed by atoms with Crippen LogP contribution in [0.15, 0.2) is 69.9 Å². The molecule has 0 radical (unpaired) electrons. The number of imidazole rings is 1. The summed E-state index contributed by atoms with van der Waals surface area (Å²) in [6, 6.07) is 14.7. The van der Waals surface area contributed by atoms with Gasteiger partial charge < -0.3 is 23.2 Å². The van der Waals surface area contributed by atoms with Crippen LogP contribution in [0.5, 0.6) is 16.7 Å². The molecule has 0 unspecified atom stereocenters. The zero-order valence-corrected chi connectivity index (χ0v) is 20.7. The van der Waals surface area contributed by atoms with Crippen LogP contribution in [-0.2, 0) is 13.0 Å². The fourth-order valence-electron chi connectivity index (χ4n) is 3.95. The summed E-state index contributed by atoms with van der Waals surface area (Å²) >= 11 is 1.34. The van der Waals surface area contributed by atoms with Crippen molar-refractivity contribution < 1.29 is 27.9 Å². The van der Waals surface area contributed by atoms with E-state index in [1.54, 1.807) is 37.1 Å². The van der Waals surface area contributed by atoms with Crippen molar-refractivity contribution in [2.24, 2.45) is 0 Å². The number of carbonyl (C=O) groups is 1. The number of furan rings is 1. The summed E-state index contributed by atoms with van der Waals surface area (Å²) in [6.07, 6.45) is 3.45. The number of fused-ring (bicyclic) bond motifs is 2. The van der Waals surface area contributed by atoms with Gasteiger partial charge in [0.05, 0.1) is 32.0 Å². The lowest BCUT2D eigenvalue weighted by Crippen LogP contribution is -2.03. The SMILES string of the molecule is COc1cc(OCc2cccc(CC(=O)c3ccno3)c2)c2cc(-c3cn4nc(OC)sc4n3)oc2c1. The summed E-state index contributed by atoms with van der Waals surface area (Å²) in [5.74, 6) is 1.89. The zero-order chi connectivity index (χ0) is 25.4. The number of benzene rings is 2. The van der Waals surface area contributed by atoms with E-state index in [0.29, 0.717) is 38.7 Å². The van der Waals surface area contributed by atoms with Crippen molar-refractivity contribution >= 4 is 33.1 Å². The highest BCUT2D eigenvalue weighted by atomic mass is 32.1. The normalized spacial score (nSPS) is 11.3. The summed E-state index contributed by atoms with van der Waals surface area (Å²) in [4.78, 5) is 17.7. The Kier molecular flexibility index (Phi) is 5.81. The Bertz CT molecular complexity index is 1680. The first kappa shape index (κ1) is 22.8. The Balaban J connectivity index is 1.25. The monoisotopic (exact) mass is 516 g/mol. The predicted octanol–water partition coefficient (Wildman–Crippen LogP) is 5.21. The van der Waals surface area contributed by atoms with Gasteiger partial charge in [-0.25, -0.2) is 9.50 Å². The van der Waals surface area contributed by atoms with Crippen LogP contribution in [0.1, 0.15) is 21.7 Å². The predicted molar refractivity (Wildman–Crippen MR) is 134 cm³/mol. The molecule has 0 atom stereocenters. The van der Waals surface area contributed by atoms with Gasteiger partial charge in [0.15, 0.2) is 5.76 Å². The van der Waals surface area contributed by atoms with Crippen LogP contribution in [-0.4, -0.2) is 39.8 Å². The van der Waals surface area contributed by atoms with Gasteiger partial charge in [-0.05, 0) is 28.5 Å². The molecule has 11 heteroatoms. The number of methoxy groups -OCH3 is 2. The fraction of sp³-hybridized carbons (Fsp3) is 0.154. The molecule has 6 aromatic rings. The minimum atomic E-state index is -0.135. The number of hydrogen-bond acceptors (Lipinski definition) is 10. The van der Waals surface area contributed by atoms with Crippen molar-refractivity contribution in [2.45, 2.75) is 13.0 Å². The van der Waals surface area contributed by atoms with Crippen molar-refractivity contribution in [3.8, 4) is 28.1 Å². The second kappa shape index (κ2) is 9.43. The van der Waals surface area contributed by atoms with E-state index < -0.39 is 0 Å². The van der Waals surface area contributed by atoms with Crippen molar-refractivity contribution in [1.82, 2.24) is 19.8 Å². The van der Waals surface area contributed by atoms with Crippen LogP contribution in [0.25, 0.3) is 27.4 Å². The average Bonchev–Trinajstić information content (AvgIpc) is 3.70. The van der Waals surface area contributed by atoms with E-state index in [1.807, 2.05) is 36.4 Å². The Morgan fingerprint density at radius 2 is 1.97 bits per heavy atom. The van der Waals surface area contributed by atoms with Gasteiger partial charge in [-0.3, -0.25) is 4.79 Å². The van der Waals surface area contributed by atoms with E-state index in [1.165, 1.54) is 17.5 Å². The first-order chi connectivity index (χ1) is 18.1. The summed E-state index contributed by atoms with van der Waals surface area (Å²) in [5.41, 5.74) is 3.02. The summed E-state index contributed by atoms with van der Waals surface area (Å²) in [6.45, 7) is 0.289. The molecule has 2 aromatic carbocycles. The van der Waals surface area contributed by atoms with Crippen LogP contribution in [0.3, 0.4) is 0 Å². The lowest BCUT2D eigenvalue weighted by molar-refractivity contribution is 0.0957. The third-order valence-electron chi connectivity index (χ3n) is 5.72. The molecule has 4 heterocycles. The van der Waals surface area contributed by atoms with E-state index in [9.17, 15) is 4.79 Å². The van der Waals surface area contributed by atoms with Crippen molar-refractivity contribution in [1.29, 1.82) is 0 Å². The zero-order valence-electron chi connectivity index (χ0n) is 19.8. The third kappa shape index (κ3) is 4.52. The van der Waals surface area contributed by atoms with Crippen molar-refractivity contribution in [3.05, 3.63) is 77.8 Å². The first-order valence-electron chi connectivity index (χ1n) is 11.3. The molecule has 0 bridgehead atoms. The van der Waals surface area contributed by atoms with Crippen LogP contribution < -0.4 is 14.2 Å². The number of carbonyl (C=O) groups excluding carboxylic acids is 1. The van der Waals surface area contributed by atoms with Crippen LogP contribution >= 0.6 is 11.3 Å². The number of aromatic nitrogens is 4. The molecule has 0 fully saturated rings. The van der Waals surface area contributed by atoms with Crippen molar-refractivity contribution in [2.75, 3.05) is 14.2 Å². The topological polar surface area (TPSA) is 114 Å². The maximum Gasteiger partial charge on any atom is 0.294 e. The number of ketones is 1. The van der Waals surface area contributed by atoms with Gasteiger partial charge in [-0.2, -0.15) is 0 Å². The molecular formula is C26H20N4O6S. The molecule has 0 aliphatic heterocycles. The molecule has 6 rings (SSSR count). The van der Waals surface area contributed by atoms with E-state index in [4.69, 9.17) is 23.2 Å². The number of hydrogen-bond donors (Lipinski definition) is 0. The van der Waals surface area contributed by atoms with E-state index in [-0.39, 0.29) is 24.6 Å². The summed E-state index contributed by atoms with van der Waals surface area (Å²) in [7, 11) is 3.16. The fourth-order valence-corrected chi connectivity index (χ4v) is 4.65. The van der Waals surface area contributed by atoms with Gasteiger partial charge in [0.25, 0.3) is 5.19 Å². The van der Waals surface area contributed by atoms with E-state index >= 15 is 0 Å². The Morgan fingerprint density at radius 1 is 1.08 bits per heavy atom. The molecule has 37 heavy (non-hydrogen) atoms. The van der Waals surface area contributed by atoms with Crippen LogP contribution in [0, 0.1) is 0 Å². The minimum Gasteiger partial charge on any atom is -0.496 e. The maximum atomic E-state index is 12.4. The Hall–Kier alpha value is -4.64. The number of nitrogens with zero attached hydrogens (tertiary/aromatic N) is 4. The van der Waals surface area contributed by atoms with Crippen LogP contribution in [0.4, 0.5) is 0 Å². The average molecular weight is 517 g/mol. The Morgan fingerprint density at radius 3 is 2.76 bits per heavy atom. The molecule has 0 N–H and O–H groups in total. The summed E-state index contributed by atoms with van der Waals surface area (Å²) in [5, 5.41) is 9.23. The summed E-state index contributed by atoms with van der Waals surface area (Å²) < 4.78 is 29.5. The van der Waals surface area contributed by atoms with Gasteiger partial charge in [-0.15, -0.1) is 5.10 Å². The lowest BCUT2D eigenvalue weighted by Gasteiger charge is -2.10. The molecular weight excluding hydrogens is 496 g/mol. The third-order valence-corrected chi connectivity index (χ3v) is 6.61. The van der Waals surface area contributed by atoms with Crippen molar-refractivity contribution in [3.63, 3.8) is 0 Å². The van der Waals surface area contributed by atoms with E-state index in [2.05, 4.69) is 15.2 Å².